The minimum absolute atomic E-state index is 0. The highest BCUT2D eigenvalue weighted by atomic mass is 35.5. The minimum atomic E-state index is -4.68. The SMILES string of the molecule is CCC(C)C(N)C(=O)NCc1ccc(F)cc1C(F)(F)F.Cl. The molecule has 0 saturated heterocycles. The number of hydrogen-bond acceptors (Lipinski definition) is 2. The lowest BCUT2D eigenvalue weighted by Crippen LogP contribution is -2.44. The third-order valence-corrected chi connectivity index (χ3v) is 3.39. The van der Waals surface area contributed by atoms with Gasteiger partial charge in [-0.25, -0.2) is 4.39 Å². The van der Waals surface area contributed by atoms with Gasteiger partial charge in [0.25, 0.3) is 0 Å². The summed E-state index contributed by atoms with van der Waals surface area (Å²) in [7, 11) is 0. The summed E-state index contributed by atoms with van der Waals surface area (Å²) < 4.78 is 51.3. The molecular formula is C14H19ClF4N2O. The molecule has 0 spiro atoms. The number of rotatable bonds is 5. The second kappa shape index (κ2) is 8.33. The molecule has 0 aromatic heterocycles. The lowest BCUT2D eigenvalue weighted by Gasteiger charge is -2.19. The van der Waals surface area contributed by atoms with E-state index < -0.39 is 29.5 Å². The highest BCUT2D eigenvalue weighted by Crippen LogP contribution is 2.32. The van der Waals surface area contributed by atoms with Gasteiger partial charge in [0, 0.05) is 6.54 Å². The van der Waals surface area contributed by atoms with E-state index in [0.29, 0.717) is 12.5 Å². The van der Waals surface area contributed by atoms with Crippen LogP contribution in [0.25, 0.3) is 0 Å². The number of benzene rings is 1. The van der Waals surface area contributed by atoms with Gasteiger partial charge in [0.15, 0.2) is 0 Å². The normalized spacial score (nSPS) is 14.0. The first-order valence-electron chi connectivity index (χ1n) is 6.55. The number of amides is 1. The highest BCUT2D eigenvalue weighted by Gasteiger charge is 2.33. The number of hydrogen-bond donors (Lipinski definition) is 2. The first-order chi connectivity index (χ1) is 9.66. The molecule has 1 rings (SSSR count). The summed E-state index contributed by atoms with van der Waals surface area (Å²) in [5.41, 5.74) is 4.39. The zero-order valence-corrected chi connectivity index (χ0v) is 13.0. The summed E-state index contributed by atoms with van der Waals surface area (Å²) in [6, 6.07) is 1.55. The molecule has 1 aromatic rings. The van der Waals surface area contributed by atoms with E-state index in [1.54, 1.807) is 6.92 Å². The Bertz CT molecular complexity index is 508. The monoisotopic (exact) mass is 342 g/mol. The molecule has 1 amide bonds. The van der Waals surface area contributed by atoms with Gasteiger partial charge in [0.1, 0.15) is 5.82 Å². The predicted octanol–water partition coefficient (Wildman–Crippen LogP) is 3.26. The van der Waals surface area contributed by atoms with Crippen LogP contribution in [0.4, 0.5) is 17.6 Å². The molecule has 3 nitrogen and oxygen atoms in total. The van der Waals surface area contributed by atoms with E-state index in [2.05, 4.69) is 5.32 Å². The fourth-order valence-corrected chi connectivity index (χ4v) is 1.78. The molecule has 0 aliphatic carbocycles. The van der Waals surface area contributed by atoms with Crippen molar-refractivity contribution in [2.24, 2.45) is 11.7 Å². The van der Waals surface area contributed by atoms with Crippen LogP contribution in [-0.4, -0.2) is 11.9 Å². The van der Waals surface area contributed by atoms with Crippen molar-refractivity contribution >= 4 is 18.3 Å². The molecule has 8 heteroatoms. The number of nitrogens with two attached hydrogens (primary N) is 1. The van der Waals surface area contributed by atoms with E-state index in [1.165, 1.54) is 0 Å². The Hall–Kier alpha value is -1.34. The summed E-state index contributed by atoms with van der Waals surface area (Å²) in [5.74, 6) is -1.59. The number of carbonyl (C=O) groups is 1. The Morgan fingerprint density at radius 3 is 2.45 bits per heavy atom. The summed E-state index contributed by atoms with van der Waals surface area (Å²) in [6.07, 6.45) is -4.00. The molecule has 0 radical (unpaired) electrons. The molecule has 2 unspecified atom stereocenters. The fourth-order valence-electron chi connectivity index (χ4n) is 1.78. The predicted molar refractivity (Wildman–Crippen MR) is 77.9 cm³/mol. The Balaban J connectivity index is 0.00000441. The molecule has 0 aliphatic heterocycles. The van der Waals surface area contributed by atoms with Gasteiger partial charge in [0.05, 0.1) is 11.6 Å². The van der Waals surface area contributed by atoms with Crippen LogP contribution >= 0.6 is 12.4 Å². The van der Waals surface area contributed by atoms with Crippen molar-refractivity contribution in [3.05, 3.63) is 35.1 Å². The van der Waals surface area contributed by atoms with E-state index in [-0.39, 0.29) is 30.4 Å². The maximum atomic E-state index is 12.9. The van der Waals surface area contributed by atoms with E-state index >= 15 is 0 Å². The Morgan fingerprint density at radius 2 is 1.95 bits per heavy atom. The standard InChI is InChI=1S/C14H18F4N2O.ClH/c1-3-8(2)12(19)13(21)20-7-9-4-5-10(15)6-11(9)14(16,17)18;/h4-6,8,12H,3,7,19H2,1-2H3,(H,20,21);1H. The van der Waals surface area contributed by atoms with Crippen LogP contribution in [-0.2, 0) is 17.5 Å². The zero-order chi connectivity index (χ0) is 16.2. The molecule has 0 aliphatic rings. The van der Waals surface area contributed by atoms with Crippen LogP contribution < -0.4 is 11.1 Å². The summed E-state index contributed by atoms with van der Waals surface area (Å²) in [5, 5.41) is 2.36. The first kappa shape index (κ1) is 20.7. The maximum Gasteiger partial charge on any atom is 0.416 e. The number of carbonyl (C=O) groups excluding carboxylic acids is 1. The topological polar surface area (TPSA) is 55.1 Å². The van der Waals surface area contributed by atoms with Gasteiger partial charge in [-0.3, -0.25) is 4.79 Å². The van der Waals surface area contributed by atoms with Crippen LogP contribution in [0, 0.1) is 11.7 Å². The van der Waals surface area contributed by atoms with Gasteiger partial charge >= 0.3 is 6.18 Å². The van der Waals surface area contributed by atoms with E-state index in [4.69, 9.17) is 5.73 Å². The number of nitrogens with one attached hydrogen (secondary N) is 1. The Morgan fingerprint density at radius 1 is 1.36 bits per heavy atom. The third kappa shape index (κ3) is 5.46. The molecule has 0 bridgehead atoms. The average Bonchev–Trinajstić information content (AvgIpc) is 2.42. The van der Waals surface area contributed by atoms with Gasteiger partial charge in [-0.2, -0.15) is 13.2 Å². The molecule has 126 valence electrons. The molecule has 3 N–H and O–H groups in total. The molecule has 0 saturated carbocycles. The van der Waals surface area contributed by atoms with Crippen molar-refractivity contribution in [3.8, 4) is 0 Å². The zero-order valence-electron chi connectivity index (χ0n) is 12.2. The van der Waals surface area contributed by atoms with Crippen molar-refractivity contribution in [2.45, 2.75) is 39.0 Å². The molecule has 0 heterocycles. The first-order valence-corrected chi connectivity index (χ1v) is 6.55. The second-order valence-electron chi connectivity index (χ2n) is 4.93. The molecular weight excluding hydrogens is 324 g/mol. The third-order valence-electron chi connectivity index (χ3n) is 3.39. The van der Waals surface area contributed by atoms with Crippen LogP contribution in [0.3, 0.4) is 0 Å². The lowest BCUT2D eigenvalue weighted by molar-refractivity contribution is -0.138. The van der Waals surface area contributed by atoms with Crippen LogP contribution in [0.2, 0.25) is 0 Å². The van der Waals surface area contributed by atoms with Crippen LogP contribution in [0.1, 0.15) is 31.4 Å². The minimum Gasteiger partial charge on any atom is -0.351 e. The van der Waals surface area contributed by atoms with Crippen molar-refractivity contribution in [1.82, 2.24) is 5.32 Å². The summed E-state index contributed by atoms with van der Waals surface area (Å²) in [4.78, 5) is 11.8. The van der Waals surface area contributed by atoms with Gasteiger partial charge < -0.3 is 11.1 Å². The largest absolute Gasteiger partial charge is 0.416 e. The van der Waals surface area contributed by atoms with E-state index in [0.717, 1.165) is 12.1 Å². The Kier molecular flexibility index (Phi) is 7.83. The van der Waals surface area contributed by atoms with E-state index in [1.807, 2.05) is 6.92 Å². The molecule has 22 heavy (non-hydrogen) atoms. The van der Waals surface area contributed by atoms with Gasteiger partial charge in [-0.1, -0.05) is 26.3 Å². The lowest BCUT2D eigenvalue weighted by atomic mass is 9.99. The average molecular weight is 343 g/mol. The molecule has 0 fully saturated rings. The molecule has 2 atom stereocenters. The maximum absolute atomic E-state index is 12.9. The summed E-state index contributed by atoms with van der Waals surface area (Å²) in [6.45, 7) is 3.29. The highest BCUT2D eigenvalue weighted by molar-refractivity contribution is 5.85. The van der Waals surface area contributed by atoms with Crippen molar-refractivity contribution in [2.75, 3.05) is 0 Å². The van der Waals surface area contributed by atoms with Crippen molar-refractivity contribution < 1.29 is 22.4 Å². The van der Waals surface area contributed by atoms with E-state index in [9.17, 15) is 22.4 Å². The van der Waals surface area contributed by atoms with Gasteiger partial charge in [-0.15, -0.1) is 12.4 Å². The number of alkyl halides is 3. The molecule has 1 aromatic carbocycles. The quantitative estimate of drug-likeness (QED) is 0.807. The van der Waals surface area contributed by atoms with Gasteiger partial charge in [0.2, 0.25) is 5.91 Å². The smallest absolute Gasteiger partial charge is 0.351 e. The second-order valence-corrected chi connectivity index (χ2v) is 4.93. The number of halogens is 5. The summed E-state index contributed by atoms with van der Waals surface area (Å²) >= 11 is 0. The van der Waals surface area contributed by atoms with Crippen molar-refractivity contribution in [1.29, 1.82) is 0 Å². The Labute approximate surface area is 132 Å². The van der Waals surface area contributed by atoms with Gasteiger partial charge in [-0.05, 0) is 23.6 Å². The van der Waals surface area contributed by atoms with Crippen LogP contribution in [0.5, 0.6) is 0 Å². The fraction of sp³-hybridized carbons (Fsp3) is 0.500. The van der Waals surface area contributed by atoms with Crippen molar-refractivity contribution in [3.63, 3.8) is 0 Å². The van der Waals surface area contributed by atoms with Crippen LogP contribution in [0.15, 0.2) is 18.2 Å².